The lowest BCUT2D eigenvalue weighted by atomic mass is 10.0. The molecule has 2 heterocycles. The van der Waals surface area contributed by atoms with E-state index >= 15 is 0 Å². The maximum absolute atomic E-state index is 12.5. The highest BCUT2D eigenvalue weighted by molar-refractivity contribution is 5.85. The zero-order chi connectivity index (χ0) is 14.7. The summed E-state index contributed by atoms with van der Waals surface area (Å²) in [5.41, 5.74) is 7.03. The van der Waals surface area contributed by atoms with E-state index in [9.17, 15) is 4.79 Å². The van der Waals surface area contributed by atoms with Crippen LogP contribution in [0.1, 0.15) is 37.3 Å². The minimum atomic E-state index is -0.519. The van der Waals surface area contributed by atoms with Crippen LogP contribution in [0, 0.1) is 0 Å². The molecular weight excluding hydrogens is 333 g/mol. The largest absolute Gasteiger partial charge is 0.341 e. The SMILES string of the molecule is Cl.Cl.NC(C(=O)N1CCC(N2CCCC2)CC1)c1ccccc1. The van der Waals surface area contributed by atoms with Crippen LogP contribution >= 0.6 is 24.8 Å². The smallest absolute Gasteiger partial charge is 0.244 e. The van der Waals surface area contributed by atoms with Crippen molar-refractivity contribution in [2.75, 3.05) is 26.2 Å². The first kappa shape index (κ1) is 20.2. The normalized spacial score (nSPS) is 20.5. The summed E-state index contributed by atoms with van der Waals surface area (Å²) in [7, 11) is 0. The van der Waals surface area contributed by atoms with Crippen molar-refractivity contribution in [1.29, 1.82) is 0 Å². The third-order valence-electron chi connectivity index (χ3n) is 4.86. The lowest BCUT2D eigenvalue weighted by Crippen LogP contribution is -2.48. The van der Waals surface area contributed by atoms with E-state index in [1.165, 1.54) is 25.9 Å². The van der Waals surface area contributed by atoms with Gasteiger partial charge in [-0.2, -0.15) is 0 Å². The molecule has 1 atom stereocenters. The first-order chi connectivity index (χ1) is 10.3. The topological polar surface area (TPSA) is 49.6 Å². The van der Waals surface area contributed by atoms with E-state index in [1.807, 2.05) is 35.2 Å². The van der Waals surface area contributed by atoms with Gasteiger partial charge in [-0.1, -0.05) is 30.3 Å². The molecule has 0 aliphatic carbocycles. The number of amides is 1. The van der Waals surface area contributed by atoms with Crippen LogP contribution < -0.4 is 5.73 Å². The molecule has 0 spiro atoms. The summed E-state index contributed by atoms with van der Waals surface area (Å²) in [4.78, 5) is 17.1. The monoisotopic (exact) mass is 359 g/mol. The number of halogens is 2. The van der Waals surface area contributed by atoms with Crippen LogP contribution in [0.25, 0.3) is 0 Å². The molecule has 2 fully saturated rings. The number of piperidine rings is 1. The van der Waals surface area contributed by atoms with E-state index in [4.69, 9.17) is 5.73 Å². The van der Waals surface area contributed by atoms with Gasteiger partial charge in [-0.05, 0) is 44.3 Å². The fourth-order valence-electron chi connectivity index (χ4n) is 3.56. The molecule has 130 valence electrons. The summed E-state index contributed by atoms with van der Waals surface area (Å²) in [6, 6.07) is 9.82. The number of hydrogen-bond acceptors (Lipinski definition) is 3. The van der Waals surface area contributed by atoms with E-state index in [2.05, 4.69) is 4.90 Å². The Labute approximate surface area is 151 Å². The number of likely N-dealkylation sites (tertiary alicyclic amines) is 2. The van der Waals surface area contributed by atoms with Crippen molar-refractivity contribution in [3.63, 3.8) is 0 Å². The summed E-state index contributed by atoms with van der Waals surface area (Å²) in [5, 5.41) is 0. The lowest BCUT2D eigenvalue weighted by molar-refractivity contribution is -0.134. The first-order valence-corrected chi connectivity index (χ1v) is 8.09. The predicted octanol–water partition coefficient (Wildman–Crippen LogP) is 2.62. The first-order valence-electron chi connectivity index (χ1n) is 8.09. The summed E-state index contributed by atoms with van der Waals surface area (Å²) >= 11 is 0. The van der Waals surface area contributed by atoms with Crippen molar-refractivity contribution in [3.8, 4) is 0 Å². The highest BCUT2D eigenvalue weighted by atomic mass is 35.5. The molecule has 0 radical (unpaired) electrons. The van der Waals surface area contributed by atoms with Crippen molar-refractivity contribution < 1.29 is 4.79 Å². The highest BCUT2D eigenvalue weighted by Gasteiger charge is 2.30. The number of nitrogens with two attached hydrogens (primary N) is 1. The minimum absolute atomic E-state index is 0. The van der Waals surface area contributed by atoms with Crippen LogP contribution in [-0.4, -0.2) is 47.9 Å². The van der Waals surface area contributed by atoms with E-state index in [0.717, 1.165) is 31.5 Å². The van der Waals surface area contributed by atoms with Crippen LogP contribution in [0.15, 0.2) is 30.3 Å². The van der Waals surface area contributed by atoms with E-state index in [0.29, 0.717) is 6.04 Å². The molecule has 1 amide bonds. The molecule has 2 N–H and O–H groups in total. The average Bonchev–Trinajstić information content (AvgIpc) is 3.09. The second-order valence-electron chi connectivity index (χ2n) is 6.19. The van der Waals surface area contributed by atoms with Crippen molar-refractivity contribution in [1.82, 2.24) is 9.80 Å². The minimum Gasteiger partial charge on any atom is -0.341 e. The number of benzene rings is 1. The Morgan fingerprint density at radius 2 is 1.57 bits per heavy atom. The summed E-state index contributed by atoms with van der Waals surface area (Å²) < 4.78 is 0. The molecular formula is C17H27Cl2N3O. The Bertz CT molecular complexity index is 472. The molecule has 3 rings (SSSR count). The highest BCUT2D eigenvalue weighted by Crippen LogP contribution is 2.23. The Morgan fingerprint density at radius 3 is 2.13 bits per heavy atom. The quantitative estimate of drug-likeness (QED) is 0.902. The van der Waals surface area contributed by atoms with Gasteiger partial charge in [0.15, 0.2) is 0 Å². The number of hydrogen-bond donors (Lipinski definition) is 1. The summed E-state index contributed by atoms with van der Waals surface area (Å²) in [6.45, 7) is 4.17. The second-order valence-corrected chi connectivity index (χ2v) is 6.19. The van der Waals surface area contributed by atoms with Crippen molar-refractivity contribution in [2.24, 2.45) is 5.73 Å². The van der Waals surface area contributed by atoms with Gasteiger partial charge in [0.1, 0.15) is 6.04 Å². The zero-order valence-electron chi connectivity index (χ0n) is 13.4. The van der Waals surface area contributed by atoms with Gasteiger partial charge in [0, 0.05) is 19.1 Å². The van der Waals surface area contributed by atoms with Crippen LogP contribution in [0.4, 0.5) is 0 Å². The lowest BCUT2D eigenvalue weighted by Gasteiger charge is -2.37. The van der Waals surface area contributed by atoms with Gasteiger partial charge in [-0.25, -0.2) is 0 Å². The van der Waals surface area contributed by atoms with Crippen molar-refractivity contribution >= 4 is 30.7 Å². The molecule has 0 bridgehead atoms. The summed E-state index contributed by atoms with van der Waals surface area (Å²) in [5.74, 6) is 0.0704. The van der Waals surface area contributed by atoms with E-state index in [1.54, 1.807) is 0 Å². The van der Waals surface area contributed by atoms with Gasteiger partial charge in [0.05, 0.1) is 0 Å². The maximum Gasteiger partial charge on any atom is 0.244 e. The van der Waals surface area contributed by atoms with Gasteiger partial charge in [0.2, 0.25) is 5.91 Å². The zero-order valence-corrected chi connectivity index (χ0v) is 15.0. The van der Waals surface area contributed by atoms with Crippen molar-refractivity contribution in [2.45, 2.75) is 37.8 Å². The average molecular weight is 360 g/mol. The molecule has 2 aliphatic rings. The molecule has 6 heteroatoms. The van der Waals surface area contributed by atoms with E-state index in [-0.39, 0.29) is 30.7 Å². The van der Waals surface area contributed by atoms with Gasteiger partial charge < -0.3 is 15.5 Å². The standard InChI is InChI=1S/C17H25N3O.2ClH/c18-16(14-6-2-1-3-7-14)17(21)20-12-8-15(9-13-20)19-10-4-5-11-19;;/h1-3,6-7,15-16H,4-5,8-13,18H2;2*1H. The number of nitrogens with zero attached hydrogens (tertiary/aromatic N) is 2. The van der Waals surface area contributed by atoms with Crippen LogP contribution in [-0.2, 0) is 4.79 Å². The number of carbonyl (C=O) groups excluding carboxylic acids is 1. The molecule has 2 saturated heterocycles. The van der Waals surface area contributed by atoms with E-state index < -0.39 is 6.04 Å². The predicted molar refractivity (Wildman–Crippen MR) is 98.3 cm³/mol. The molecule has 23 heavy (non-hydrogen) atoms. The molecule has 4 nitrogen and oxygen atoms in total. The Hall–Kier alpha value is -0.810. The third-order valence-corrected chi connectivity index (χ3v) is 4.86. The molecule has 0 aromatic heterocycles. The summed E-state index contributed by atoms with van der Waals surface area (Å²) in [6.07, 6.45) is 4.84. The van der Waals surface area contributed by atoms with Crippen LogP contribution in [0.5, 0.6) is 0 Å². The number of carbonyl (C=O) groups is 1. The third kappa shape index (κ3) is 4.83. The van der Waals surface area contributed by atoms with Crippen molar-refractivity contribution in [3.05, 3.63) is 35.9 Å². The fourth-order valence-corrected chi connectivity index (χ4v) is 3.56. The second kappa shape index (κ2) is 9.48. The van der Waals surface area contributed by atoms with Gasteiger partial charge >= 0.3 is 0 Å². The molecule has 1 unspecified atom stereocenters. The Morgan fingerprint density at radius 1 is 1.00 bits per heavy atom. The Balaban J connectivity index is 0.00000132. The molecule has 1 aromatic carbocycles. The van der Waals surface area contributed by atoms with Crippen LogP contribution in [0.3, 0.4) is 0 Å². The molecule has 0 saturated carbocycles. The Kier molecular flexibility index (Phi) is 8.34. The number of rotatable bonds is 3. The molecule has 2 aliphatic heterocycles. The van der Waals surface area contributed by atoms with Crippen LogP contribution in [0.2, 0.25) is 0 Å². The van der Waals surface area contributed by atoms with Gasteiger partial charge in [0.25, 0.3) is 0 Å². The van der Waals surface area contributed by atoms with Gasteiger partial charge in [-0.3, -0.25) is 4.79 Å². The van der Waals surface area contributed by atoms with Gasteiger partial charge in [-0.15, -0.1) is 24.8 Å². The maximum atomic E-state index is 12.5. The molecule has 1 aromatic rings. The fraction of sp³-hybridized carbons (Fsp3) is 0.588.